The van der Waals surface area contributed by atoms with E-state index in [-0.39, 0.29) is 23.2 Å². The molecule has 138 valence electrons. The van der Waals surface area contributed by atoms with Gasteiger partial charge < -0.3 is 5.32 Å². The second-order valence-electron chi connectivity index (χ2n) is 7.47. The minimum Gasteiger partial charge on any atom is -0.360 e. The molecule has 0 radical (unpaired) electrons. The number of nitrogens with one attached hydrogen (secondary N) is 1. The zero-order valence-electron chi connectivity index (χ0n) is 15.5. The average molecular weight is 366 g/mol. The first-order valence-corrected chi connectivity index (χ1v) is 8.42. The molecule has 1 aromatic heterocycles. The lowest BCUT2D eigenvalue weighted by molar-refractivity contribution is 0.0374. The molecule has 1 aliphatic rings. The average Bonchev–Trinajstić information content (AvgIpc) is 2.88. The SMILES string of the molecule is CC(C)(Nc1ncc(C#N)cc1F)C(C)(C)N1C(=O)c2ccccc2C1=O. The van der Waals surface area contributed by atoms with E-state index in [0.29, 0.717) is 11.1 Å². The smallest absolute Gasteiger partial charge is 0.262 e. The molecule has 0 fully saturated rings. The van der Waals surface area contributed by atoms with Crippen molar-refractivity contribution in [3.63, 3.8) is 0 Å². The van der Waals surface area contributed by atoms with Gasteiger partial charge >= 0.3 is 0 Å². The van der Waals surface area contributed by atoms with E-state index in [4.69, 9.17) is 5.26 Å². The second-order valence-corrected chi connectivity index (χ2v) is 7.47. The van der Waals surface area contributed by atoms with Gasteiger partial charge in [0.2, 0.25) is 0 Å². The van der Waals surface area contributed by atoms with Gasteiger partial charge in [0.1, 0.15) is 6.07 Å². The third kappa shape index (κ3) is 2.83. The number of benzene rings is 1. The van der Waals surface area contributed by atoms with Crippen molar-refractivity contribution in [2.75, 3.05) is 5.32 Å². The number of amides is 2. The number of carbonyl (C=O) groups is 2. The Morgan fingerprint density at radius 3 is 2.15 bits per heavy atom. The lowest BCUT2D eigenvalue weighted by Crippen LogP contribution is -2.63. The van der Waals surface area contributed by atoms with Crippen molar-refractivity contribution in [2.24, 2.45) is 0 Å². The monoisotopic (exact) mass is 366 g/mol. The summed E-state index contributed by atoms with van der Waals surface area (Å²) >= 11 is 0. The fraction of sp³-hybridized carbons (Fsp3) is 0.300. The molecule has 0 unspecified atom stereocenters. The van der Waals surface area contributed by atoms with Gasteiger partial charge in [0.05, 0.1) is 27.8 Å². The molecule has 3 rings (SSSR count). The van der Waals surface area contributed by atoms with Crippen LogP contribution in [0.3, 0.4) is 0 Å². The lowest BCUT2D eigenvalue weighted by atomic mass is 9.80. The fourth-order valence-corrected chi connectivity index (χ4v) is 3.02. The molecule has 0 saturated heterocycles. The Balaban J connectivity index is 1.95. The molecule has 0 atom stereocenters. The summed E-state index contributed by atoms with van der Waals surface area (Å²) in [5.41, 5.74) is -1.12. The Labute approximate surface area is 156 Å². The molecule has 0 bridgehead atoms. The number of carbonyl (C=O) groups excluding carboxylic acids is 2. The summed E-state index contributed by atoms with van der Waals surface area (Å²) < 4.78 is 14.3. The van der Waals surface area contributed by atoms with Crippen LogP contribution >= 0.6 is 0 Å². The third-order valence-corrected chi connectivity index (χ3v) is 5.28. The first kappa shape index (κ1) is 18.5. The van der Waals surface area contributed by atoms with E-state index >= 15 is 0 Å². The number of nitriles is 1. The maximum Gasteiger partial charge on any atom is 0.262 e. The summed E-state index contributed by atoms with van der Waals surface area (Å²) in [7, 11) is 0. The summed E-state index contributed by atoms with van der Waals surface area (Å²) in [5, 5.41) is 11.8. The predicted molar refractivity (Wildman–Crippen MR) is 97.6 cm³/mol. The van der Waals surface area contributed by atoms with E-state index in [1.54, 1.807) is 52.0 Å². The number of halogens is 1. The van der Waals surface area contributed by atoms with Gasteiger partial charge in [-0.25, -0.2) is 9.37 Å². The highest BCUT2D eigenvalue weighted by atomic mass is 19.1. The minimum atomic E-state index is -1.01. The first-order chi connectivity index (χ1) is 12.6. The Morgan fingerprint density at radius 2 is 1.67 bits per heavy atom. The quantitative estimate of drug-likeness (QED) is 0.839. The highest BCUT2D eigenvalue weighted by Gasteiger charge is 2.51. The van der Waals surface area contributed by atoms with Gasteiger partial charge in [-0.15, -0.1) is 0 Å². The van der Waals surface area contributed by atoms with Crippen molar-refractivity contribution >= 4 is 17.6 Å². The first-order valence-electron chi connectivity index (χ1n) is 8.42. The van der Waals surface area contributed by atoms with Crippen molar-refractivity contribution in [1.82, 2.24) is 9.88 Å². The van der Waals surface area contributed by atoms with Crippen LogP contribution in [0.2, 0.25) is 0 Å². The van der Waals surface area contributed by atoms with Crippen LogP contribution in [-0.4, -0.2) is 32.8 Å². The highest BCUT2D eigenvalue weighted by molar-refractivity contribution is 6.21. The van der Waals surface area contributed by atoms with Gasteiger partial charge in [0.25, 0.3) is 11.8 Å². The Morgan fingerprint density at radius 1 is 1.11 bits per heavy atom. The van der Waals surface area contributed by atoms with Crippen LogP contribution in [0.4, 0.5) is 10.2 Å². The number of nitrogens with zero attached hydrogens (tertiary/aromatic N) is 3. The topological polar surface area (TPSA) is 86.1 Å². The maximum atomic E-state index is 14.3. The fourth-order valence-electron chi connectivity index (χ4n) is 3.02. The van der Waals surface area contributed by atoms with E-state index in [1.807, 2.05) is 6.07 Å². The molecule has 0 spiro atoms. The standard InChI is InChI=1S/C20H19FN4O2/c1-19(2,24-16-15(21)9-12(10-22)11-23-16)20(3,4)25-17(26)13-7-5-6-8-14(13)18(25)27/h5-9,11H,1-4H3,(H,23,24). The predicted octanol–water partition coefficient (Wildman–Crippen LogP) is 3.36. The molecule has 0 saturated carbocycles. The molecule has 2 amide bonds. The lowest BCUT2D eigenvalue weighted by Gasteiger charge is -2.47. The van der Waals surface area contributed by atoms with Crippen LogP contribution in [0.1, 0.15) is 54.0 Å². The second kappa shape index (κ2) is 6.16. The molecule has 0 aliphatic carbocycles. The molecule has 6 nitrogen and oxygen atoms in total. The van der Waals surface area contributed by atoms with Crippen molar-refractivity contribution < 1.29 is 14.0 Å². The van der Waals surface area contributed by atoms with Crippen molar-refractivity contribution in [3.05, 3.63) is 59.0 Å². The van der Waals surface area contributed by atoms with Gasteiger partial charge in [-0.1, -0.05) is 12.1 Å². The van der Waals surface area contributed by atoms with Crippen LogP contribution in [0.25, 0.3) is 0 Å². The van der Waals surface area contributed by atoms with E-state index < -0.39 is 16.9 Å². The van der Waals surface area contributed by atoms with Crippen molar-refractivity contribution in [2.45, 2.75) is 38.8 Å². The van der Waals surface area contributed by atoms with Crippen molar-refractivity contribution in [3.8, 4) is 6.07 Å². The summed E-state index contributed by atoms with van der Waals surface area (Å²) in [5.74, 6) is -1.50. The van der Waals surface area contributed by atoms with Crippen LogP contribution in [-0.2, 0) is 0 Å². The molecular formula is C20H19FN4O2. The third-order valence-electron chi connectivity index (χ3n) is 5.28. The Hall–Kier alpha value is -3.27. The maximum absolute atomic E-state index is 14.3. The molecule has 2 aromatic rings. The van der Waals surface area contributed by atoms with Gasteiger partial charge in [0, 0.05) is 6.20 Å². The van der Waals surface area contributed by atoms with Gasteiger partial charge in [-0.3, -0.25) is 14.5 Å². The van der Waals surface area contributed by atoms with Gasteiger partial charge in [-0.2, -0.15) is 5.26 Å². The number of hydrogen-bond donors (Lipinski definition) is 1. The van der Waals surface area contributed by atoms with E-state index in [0.717, 1.165) is 6.07 Å². The zero-order chi connectivity index (χ0) is 20.0. The molecule has 7 heteroatoms. The summed E-state index contributed by atoms with van der Waals surface area (Å²) in [6.45, 7) is 7.00. The number of pyridine rings is 1. The van der Waals surface area contributed by atoms with E-state index in [1.165, 1.54) is 11.1 Å². The number of rotatable bonds is 4. The normalized spacial score (nSPS) is 14.1. The van der Waals surface area contributed by atoms with Gasteiger partial charge in [0.15, 0.2) is 11.6 Å². The summed E-state index contributed by atoms with van der Waals surface area (Å²) in [4.78, 5) is 30.9. The van der Waals surface area contributed by atoms with Crippen LogP contribution in [0.15, 0.2) is 36.5 Å². The van der Waals surface area contributed by atoms with E-state index in [9.17, 15) is 14.0 Å². The highest BCUT2D eigenvalue weighted by Crippen LogP contribution is 2.37. The Kier molecular flexibility index (Phi) is 4.23. The van der Waals surface area contributed by atoms with Crippen LogP contribution in [0, 0.1) is 17.1 Å². The number of fused-ring (bicyclic) bond motifs is 1. The molecule has 2 heterocycles. The molecule has 1 aliphatic heterocycles. The molecular weight excluding hydrogens is 347 g/mol. The van der Waals surface area contributed by atoms with E-state index in [2.05, 4.69) is 10.3 Å². The number of anilines is 1. The minimum absolute atomic E-state index is 0.0521. The Bertz CT molecular complexity index is 957. The number of imide groups is 1. The van der Waals surface area contributed by atoms with Crippen LogP contribution in [0.5, 0.6) is 0 Å². The van der Waals surface area contributed by atoms with Crippen molar-refractivity contribution in [1.29, 1.82) is 5.26 Å². The molecule has 1 aromatic carbocycles. The molecule has 1 N–H and O–H groups in total. The largest absolute Gasteiger partial charge is 0.360 e. The van der Waals surface area contributed by atoms with Crippen LogP contribution < -0.4 is 5.32 Å². The number of aromatic nitrogens is 1. The van der Waals surface area contributed by atoms with Gasteiger partial charge in [-0.05, 0) is 45.9 Å². The zero-order valence-corrected chi connectivity index (χ0v) is 15.5. The molecule has 27 heavy (non-hydrogen) atoms. The number of hydrogen-bond acceptors (Lipinski definition) is 5. The summed E-state index contributed by atoms with van der Waals surface area (Å²) in [6, 6.07) is 9.56. The summed E-state index contributed by atoms with van der Waals surface area (Å²) in [6.07, 6.45) is 1.26.